The van der Waals surface area contributed by atoms with Crippen LogP contribution in [0.5, 0.6) is 0 Å². The zero-order valence-electron chi connectivity index (χ0n) is 26.3. The summed E-state index contributed by atoms with van der Waals surface area (Å²) in [5, 5.41) is 2.29. The van der Waals surface area contributed by atoms with E-state index in [9.17, 15) is 0 Å². The molecule has 0 N–H and O–H groups in total. The van der Waals surface area contributed by atoms with Crippen molar-refractivity contribution in [3.05, 3.63) is 143 Å². The van der Waals surface area contributed by atoms with E-state index in [1.165, 1.54) is 33.4 Å². The molecule has 220 valence electrons. The topological polar surface area (TPSA) is 31.6 Å². The molecule has 1 saturated heterocycles. The lowest BCUT2D eigenvalue weighted by atomic mass is 9.78. The predicted octanol–water partition coefficient (Wildman–Crippen LogP) is 10.7. The van der Waals surface area contributed by atoms with Crippen LogP contribution in [0.2, 0.25) is 0 Å². The van der Waals surface area contributed by atoms with Crippen LogP contribution in [-0.4, -0.2) is 11.2 Å². The van der Waals surface area contributed by atoms with Crippen molar-refractivity contribution in [2.45, 2.75) is 70.4 Å². The fourth-order valence-corrected chi connectivity index (χ4v) is 7.27. The molecule has 5 aromatic carbocycles. The summed E-state index contributed by atoms with van der Waals surface area (Å²) >= 11 is 0. The predicted molar refractivity (Wildman–Crippen MR) is 178 cm³/mol. The first-order chi connectivity index (χ1) is 21.0. The molecule has 1 atom stereocenters. The molecule has 1 unspecified atom stereocenters. The average molecular weight is 579 g/mol. The van der Waals surface area contributed by atoms with Crippen LogP contribution in [0.15, 0.2) is 114 Å². The highest BCUT2D eigenvalue weighted by atomic mass is 16.7. The van der Waals surface area contributed by atoms with Crippen LogP contribution in [0.1, 0.15) is 87.1 Å². The van der Waals surface area contributed by atoms with Crippen molar-refractivity contribution < 1.29 is 13.9 Å². The molecule has 1 fully saturated rings. The first kappa shape index (κ1) is 27.4. The van der Waals surface area contributed by atoms with Gasteiger partial charge in [-0.1, -0.05) is 117 Å². The second kappa shape index (κ2) is 9.41. The van der Waals surface area contributed by atoms with Crippen LogP contribution in [0.3, 0.4) is 0 Å². The van der Waals surface area contributed by atoms with Gasteiger partial charge in [0.05, 0.1) is 11.2 Å². The van der Waals surface area contributed by atoms with Gasteiger partial charge in [-0.3, -0.25) is 0 Å². The van der Waals surface area contributed by atoms with Crippen molar-refractivity contribution in [1.82, 2.24) is 0 Å². The molecule has 0 saturated carbocycles. The van der Waals surface area contributed by atoms with Crippen LogP contribution < -0.4 is 0 Å². The molecule has 2 heterocycles. The minimum Gasteiger partial charge on any atom is -0.456 e. The Morgan fingerprint density at radius 2 is 1.20 bits per heavy atom. The van der Waals surface area contributed by atoms with Gasteiger partial charge < -0.3 is 13.9 Å². The van der Waals surface area contributed by atoms with Crippen LogP contribution in [0.25, 0.3) is 33.1 Å². The number of rotatable bonds is 4. The number of para-hydroxylation sites is 2. The summed E-state index contributed by atoms with van der Waals surface area (Å²) in [4.78, 5) is 0. The van der Waals surface area contributed by atoms with E-state index in [0.29, 0.717) is 0 Å². The molecular weight excluding hydrogens is 540 g/mol. The Balaban J connectivity index is 1.29. The van der Waals surface area contributed by atoms with E-state index in [1.54, 1.807) is 0 Å². The summed E-state index contributed by atoms with van der Waals surface area (Å²) in [7, 11) is 0. The van der Waals surface area contributed by atoms with Crippen LogP contribution in [-0.2, 0) is 14.9 Å². The summed E-state index contributed by atoms with van der Waals surface area (Å²) in [5.41, 5.74) is 11.1. The van der Waals surface area contributed by atoms with E-state index in [0.717, 1.165) is 33.1 Å². The van der Waals surface area contributed by atoms with Gasteiger partial charge in [0.1, 0.15) is 11.2 Å². The van der Waals surface area contributed by atoms with Crippen molar-refractivity contribution in [3.63, 3.8) is 0 Å². The van der Waals surface area contributed by atoms with E-state index in [4.69, 9.17) is 13.9 Å². The molecule has 6 aromatic rings. The Morgan fingerprint density at radius 3 is 1.98 bits per heavy atom. The van der Waals surface area contributed by atoms with Gasteiger partial charge in [-0.15, -0.1) is 0 Å². The number of hydrogen-bond acceptors (Lipinski definition) is 3. The molecule has 3 heteroatoms. The van der Waals surface area contributed by atoms with Crippen molar-refractivity contribution in [2.75, 3.05) is 0 Å². The van der Waals surface area contributed by atoms with Gasteiger partial charge in [-0.25, -0.2) is 0 Å². The zero-order valence-corrected chi connectivity index (χ0v) is 26.3. The van der Waals surface area contributed by atoms with E-state index in [-0.39, 0.29) is 22.5 Å². The second-order valence-corrected chi connectivity index (χ2v) is 14.0. The maximum Gasteiger partial charge on any atom is 0.185 e. The Bertz CT molecular complexity index is 2040. The number of furan rings is 1. The molecule has 44 heavy (non-hydrogen) atoms. The fraction of sp³-hybridized carbons (Fsp3) is 0.268. The first-order valence-electron chi connectivity index (χ1n) is 15.7. The molecule has 0 spiro atoms. The van der Waals surface area contributed by atoms with Gasteiger partial charge in [0.2, 0.25) is 0 Å². The minimum absolute atomic E-state index is 0.0311. The molecule has 1 aliphatic carbocycles. The average Bonchev–Trinajstić information content (AvgIpc) is 3.58. The van der Waals surface area contributed by atoms with Gasteiger partial charge in [0, 0.05) is 33.2 Å². The Hall–Kier alpha value is -4.18. The van der Waals surface area contributed by atoms with Gasteiger partial charge in [-0.2, -0.15) is 0 Å². The summed E-state index contributed by atoms with van der Waals surface area (Å²) in [6.07, 6.45) is -0.398. The van der Waals surface area contributed by atoms with E-state index >= 15 is 0 Å². The third kappa shape index (κ3) is 3.96. The third-order valence-electron chi connectivity index (χ3n) is 10.5. The number of ether oxygens (including phenoxy) is 2. The quantitative estimate of drug-likeness (QED) is 0.195. The monoisotopic (exact) mass is 578 g/mol. The summed E-state index contributed by atoms with van der Waals surface area (Å²) < 4.78 is 19.4. The summed E-state index contributed by atoms with van der Waals surface area (Å²) in [6, 6.07) is 39.6. The summed E-state index contributed by atoms with van der Waals surface area (Å²) in [6.45, 7) is 13.1. The van der Waals surface area contributed by atoms with Crippen molar-refractivity contribution >= 4 is 21.9 Å². The third-order valence-corrected chi connectivity index (χ3v) is 10.5. The molecule has 1 aliphatic heterocycles. The number of benzene rings is 5. The Morgan fingerprint density at radius 1 is 0.568 bits per heavy atom. The van der Waals surface area contributed by atoms with Crippen molar-refractivity contribution in [1.29, 1.82) is 0 Å². The lowest BCUT2D eigenvalue weighted by molar-refractivity contribution is -0.0895. The second-order valence-electron chi connectivity index (χ2n) is 14.0. The van der Waals surface area contributed by atoms with Crippen molar-refractivity contribution in [2.24, 2.45) is 0 Å². The SMILES string of the molecule is CC1(C)c2ccccc2-c2ccc(C(c3ccc(C4OC(C)(C)C(C)(C)O4)cc3)c3cccc4c3oc3ccccc34)cc21. The zero-order chi connectivity index (χ0) is 30.4. The normalized spacial score (nSPS) is 18.9. The van der Waals surface area contributed by atoms with Gasteiger partial charge in [0.15, 0.2) is 6.29 Å². The highest BCUT2D eigenvalue weighted by Crippen LogP contribution is 2.51. The molecule has 2 aliphatic rings. The lowest BCUT2D eigenvalue weighted by Crippen LogP contribution is -2.41. The Kier molecular flexibility index (Phi) is 5.85. The minimum atomic E-state index is -0.398. The van der Waals surface area contributed by atoms with Gasteiger partial charge >= 0.3 is 0 Å². The standard InChI is InChI=1S/C41H38O3/c1-39(2)33-16-9-7-12-28(33)29-23-22-27(24-34(29)39)36(32-15-11-14-31-30-13-8-10-17-35(30)42-37(31)32)25-18-20-26(21-19-25)38-43-40(3,4)41(5,6)44-38/h7-24,36,38H,1-6H3. The molecule has 0 amide bonds. The fourth-order valence-electron chi connectivity index (χ4n) is 7.27. The highest BCUT2D eigenvalue weighted by Gasteiger charge is 2.49. The van der Waals surface area contributed by atoms with Crippen molar-refractivity contribution in [3.8, 4) is 11.1 Å². The molecule has 3 nitrogen and oxygen atoms in total. The van der Waals surface area contributed by atoms with E-state index < -0.39 is 6.29 Å². The molecule has 8 rings (SSSR count). The summed E-state index contributed by atoms with van der Waals surface area (Å²) in [5.74, 6) is -0.0311. The van der Waals surface area contributed by atoms with Crippen LogP contribution in [0.4, 0.5) is 0 Å². The lowest BCUT2D eigenvalue weighted by Gasteiger charge is -2.30. The molecule has 1 aromatic heterocycles. The maximum absolute atomic E-state index is 6.60. The first-order valence-corrected chi connectivity index (χ1v) is 15.7. The smallest absolute Gasteiger partial charge is 0.185 e. The number of fused-ring (bicyclic) bond motifs is 6. The molecular formula is C41H38O3. The molecule has 0 bridgehead atoms. The number of hydrogen-bond donors (Lipinski definition) is 0. The highest BCUT2D eigenvalue weighted by molar-refractivity contribution is 6.06. The maximum atomic E-state index is 6.60. The van der Waals surface area contributed by atoms with Gasteiger partial charge in [-0.05, 0) is 67.1 Å². The van der Waals surface area contributed by atoms with E-state index in [1.807, 2.05) is 6.07 Å². The van der Waals surface area contributed by atoms with Gasteiger partial charge in [0.25, 0.3) is 0 Å². The molecule has 0 radical (unpaired) electrons. The Labute approximate surface area is 259 Å². The largest absolute Gasteiger partial charge is 0.456 e. The van der Waals surface area contributed by atoms with E-state index in [2.05, 4.69) is 145 Å². The van der Waals surface area contributed by atoms with Crippen LogP contribution in [0, 0.1) is 0 Å². The van der Waals surface area contributed by atoms with Crippen LogP contribution >= 0.6 is 0 Å².